The van der Waals surface area contributed by atoms with Gasteiger partial charge in [-0.15, -0.1) is 0 Å². The van der Waals surface area contributed by atoms with Crippen LogP contribution in [0.3, 0.4) is 0 Å². The Bertz CT molecular complexity index is 343. The number of hydrogen-bond acceptors (Lipinski definition) is 3. The molecule has 0 aromatic heterocycles. The topological polar surface area (TPSA) is 38.7 Å². The zero-order valence-electron chi connectivity index (χ0n) is 10.6. The summed E-state index contributed by atoms with van der Waals surface area (Å²) in [5.41, 5.74) is 1.06. The van der Waals surface area contributed by atoms with E-state index < -0.39 is 6.10 Å². The van der Waals surface area contributed by atoms with E-state index in [2.05, 4.69) is 0 Å². The van der Waals surface area contributed by atoms with Crippen LogP contribution in [0.15, 0.2) is 36.4 Å². The van der Waals surface area contributed by atoms with Crippen LogP contribution >= 0.6 is 0 Å². The minimum atomic E-state index is -0.557. The normalized spacial score (nSPS) is 14.8. The van der Waals surface area contributed by atoms with Crippen molar-refractivity contribution in [2.45, 2.75) is 32.7 Å². The van der Waals surface area contributed by atoms with E-state index in [9.17, 15) is 5.11 Å². The van der Waals surface area contributed by atoms with Crippen LogP contribution in [-0.2, 0) is 11.3 Å². The molecule has 1 rings (SSSR count). The van der Waals surface area contributed by atoms with Crippen molar-refractivity contribution in [2.24, 2.45) is 0 Å². The summed E-state index contributed by atoms with van der Waals surface area (Å²) in [6.07, 6.45) is 2.77. The molecule has 0 saturated heterocycles. The number of benzene rings is 1. The molecule has 0 amide bonds. The van der Waals surface area contributed by atoms with Gasteiger partial charge in [0.2, 0.25) is 0 Å². The molecule has 0 fully saturated rings. The number of methoxy groups -OCH3 is 1. The van der Waals surface area contributed by atoms with E-state index in [1.807, 2.05) is 44.2 Å². The van der Waals surface area contributed by atoms with Crippen LogP contribution < -0.4 is 4.74 Å². The lowest BCUT2D eigenvalue weighted by atomic mass is 10.2. The fourth-order valence-electron chi connectivity index (χ4n) is 1.40. The Hall–Kier alpha value is -1.32. The van der Waals surface area contributed by atoms with Crippen molar-refractivity contribution in [1.82, 2.24) is 0 Å². The third kappa shape index (κ3) is 4.59. The van der Waals surface area contributed by atoms with Gasteiger partial charge in [-0.3, -0.25) is 0 Å². The van der Waals surface area contributed by atoms with Gasteiger partial charge in [0.1, 0.15) is 5.75 Å². The van der Waals surface area contributed by atoms with Crippen LogP contribution in [0.2, 0.25) is 0 Å². The first-order valence-corrected chi connectivity index (χ1v) is 5.72. The standard InChI is InChI=1S/C14H20O3/c1-4-5-14(15)11(2)17-10-12-6-8-13(16-3)9-7-12/h4-9,11,14-15H,10H2,1-3H3/t11-,14-/m0/s1. The molecule has 2 atom stereocenters. The summed E-state index contributed by atoms with van der Waals surface area (Å²) in [7, 11) is 1.64. The van der Waals surface area contributed by atoms with Gasteiger partial charge in [-0.1, -0.05) is 24.3 Å². The molecule has 17 heavy (non-hydrogen) atoms. The average Bonchev–Trinajstić information content (AvgIpc) is 2.36. The Morgan fingerprint density at radius 2 is 1.94 bits per heavy atom. The molecule has 0 bridgehead atoms. The molecule has 3 nitrogen and oxygen atoms in total. The molecule has 1 aromatic carbocycles. The van der Waals surface area contributed by atoms with Crippen LogP contribution in [0.25, 0.3) is 0 Å². The predicted octanol–water partition coefficient (Wildman–Crippen LogP) is 2.54. The van der Waals surface area contributed by atoms with Crippen LogP contribution in [0, 0.1) is 0 Å². The van der Waals surface area contributed by atoms with Gasteiger partial charge in [0, 0.05) is 0 Å². The number of allylic oxidation sites excluding steroid dienone is 1. The first-order valence-electron chi connectivity index (χ1n) is 5.72. The van der Waals surface area contributed by atoms with Crippen molar-refractivity contribution in [3.05, 3.63) is 42.0 Å². The van der Waals surface area contributed by atoms with Gasteiger partial charge in [0.05, 0.1) is 25.9 Å². The largest absolute Gasteiger partial charge is 0.497 e. The van der Waals surface area contributed by atoms with Gasteiger partial charge in [0.25, 0.3) is 0 Å². The van der Waals surface area contributed by atoms with Gasteiger partial charge in [-0.05, 0) is 31.5 Å². The highest BCUT2D eigenvalue weighted by Crippen LogP contribution is 2.13. The summed E-state index contributed by atoms with van der Waals surface area (Å²) >= 11 is 0. The van der Waals surface area contributed by atoms with E-state index in [0.29, 0.717) is 6.61 Å². The highest BCUT2D eigenvalue weighted by Gasteiger charge is 2.10. The molecule has 0 aliphatic heterocycles. The van der Waals surface area contributed by atoms with Crippen molar-refractivity contribution in [2.75, 3.05) is 7.11 Å². The average molecular weight is 236 g/mol. The number of rotatable bonds is 6. The summed E-state index contributed by atoms with van der Waals surface area (Å²) in [5, 5.41) is 9.65. The first kappa shape index (κ1) is 13.7. The summed E-state index contributed by atoms with van der Waals surface area (Å²) in [4.78, 5) is 0. The Morgan fingerprint density at radius 3 is 2.47 bits per heavy atom. The lowest BCUT2D eigenvalue weighted by Crippen LogP contribution is -2.23. The Kier molecular flexibility index (Phi) is 5.73. The fraction of sp³-hybridized carbons (Fsp3) is 0.429. The first-order chi connectivity index (χ1) is 8.17. The summed E-state index contributed by atoms with van der Waals surface area (Å²) in [6.45, 7) is 4.22. The highest BCUT2D eigenvalue weighted by molar-refractivity contribution is 5.26. The van der Waals surface area contributed by atoms with Gasteiger partial charge < -0.3 is 14.6 Å². The predicted molar refractivity (Wildman–Crippen MR) is 68.1 cm³/mol. The maximum atomic E-state index is 9.65. The van der Waals surface area contributed by atoms with E-state index in [-0.39, 0.29) is 6.10 Å². The molecule has 1 N–H and O–H groups in total. The number of aliphatic hydroxyl groups excluding tert-OH is 1. The molecule has 0 aliphatic rings. The molecule has 0 radical (unpaired) electrons. The fourth-order valence-corrected chi connectivity index (χ4v) is 1.40. The van der Waals surface area contributed by atoms with Crippen molar-refractivity contribution < 1.29 is 14.6 Å². The molecule has 1 aromatic rings. The zero-order valence-corrected chi connectivity index (χ0v) is 10.6. The third-order valence-electron chi connectivity index (χ3n) is 2.54. The molecular formula is C14H20O3. The maximum absolute atomic E-state index is 9.65. The van der Waals surface area contributed by atoms with Crippen molar-refractivity contribution in [3.8, 4) is 5.75 Å². The molecule has 0 heterocycles. The van der Waals surface area contributed by atoms with Crippen molar-refractivity contribution in [1.29, 1.82) is 0 Å². The van der Waals surface area contributed by atoms with E-state index in [4.69, 9.17) is 9.47 Å². The van der Waals surface area contributed by atoms with Gasteiger partial charge >= 0.3 is 0 Å². The lowest BCUT2D eigenvalue weighted by Gasteiger charge is -2.16. The van der Waals surface area contributed by atoms with E-state index in [0.717, 1.165) is 11.3 Å². The smallest absolute Gasteiger partial charge is 0.118 e. The van der Waals surface area contributed by atoms with Crippen LogP contribution in [0.5, 0.6) is 5.75 Å². The number of aliphatic hydroxyl groups is 1. The molecule has 0 aliphatic carbocycles. The monoisotopic (exact) mass is 236 g/mol. The van der Waals surface area contributed by atoms with Crippen LogP contribution in [0.4, 0.5) is 0 Å². The third-order valence-corrected chi connectivity index (χ3v) is 2.54. The molecule has 0 unspecified atom stereocenters. The SMILES string of the molecule is CC=C[C@H](O)[C@H](C)OCc1ccc(OC)cc1. The Morgan fingerprint density at radius 1 is 1.29 bits per heavy atom. The minimum absolute atomic E-state index is 0.215. The summed E-state index contributed by atoms with van der Waals surface area (Å²) in [5.74, 6) is 0.829. The summed E-state index contributed by atoms with van der Waals surface area (Å²) < 4.78 is 10.6. The summed E-state index contributed by atoms with van der Waals surface area (Å²) in [6, 6.07) is 7.69. The second-order valence-electron chi connectivity index (χ2n) is 3.88. The van der Waals surface area contributed by atoms with Crippen LogP contribution in [0.1, 0.15) is 19.4 Å². The van der Waals surface area contributed by atoms with Gasteiger partial charge in [-0.2, -0.15) is 0 Å². The maximum Gasteiger partial charge on any atom is 0.118 e. The van der Waals surface area contributed by atoms with Gasteiger partial charge in [-0.25, -0.2) is 0 Å². The molecule has 0 spiro atoms. The Balaban J connectivity index is 2.44. The quantitative estimate of drug-likeness (QED) is 0.771. The second kappa shape index (κ2) is 7.09. The molecule has 3 heteroatoms. The van der Waals surface area contributed by atoms with Gasteiger partial charge in [0.15, 0.2) is 0 Å². The molecule has 94 valence electrons. The van der Waals surface area contributed by atoms with Crippen molar-refractivity contribution >= 4 is 0 Å². The Labute approximate surface area is 103 Å². The van der Waals surface area contributed by atoms with E-state index >= 15 is 0 Å². The van der Waals surface area contributed by atoms with Crippen LogP contribution in [-0.4, -0.2) is 24.4 Å². The van der Waals surface area contributed by atoms with E-state index in [1.165, 1.54) is 0 Å². The van der Waals surface area contributed by atoms with E-state index in [1.54, 1.807) is 13.2 Å². The highest BCUT2D eigenvalue weighted by atomic mass is 16.5. The molecular weight excluding hydrogens is 216 g/mol. The minimum Gasteiger partial charge on any atom is -0.497 e. The number of hydrogen-bond donors (Lipinski definition) is 1. The molecule has 0 saturated carbocycles. The van der Waals surface area contributed by atoms with Crippen molar-refractivity contribution in [3.63, 3.8) is 0 Å². The lowest BCUT2D eigenvalue weighted by molar-refractivity contribution is -0.0153. The second-order valence-corrected chi connectivity index (χ2v) is 3.88. The zero-order chi connectivity index (χ0) is 12.7. The number of ether oxygens (including phenoxy) is 2.